The Morgan fingerprint density at radius 2 is 1.64 bits per heavy atom. The first-order valence-electron chi connectivity index (χ1n) is 10.1. The average Bonchev–Trinajstić information content (AvgIpc) is 2.71. The Morgan fingerprint density at radius 1 is 0.964 bits per heavy atom. The van der Waals surface area contributed by atoms with Crippen LogP contribution < -0.4 is 5.32 Å². The van der Waals surface area contributed by atoms with Gasteiger partial charge in [0.2, 0.25) is 5.91 Å². The molecule has 28 heavy (non-hydrogen) atoms. The summed E-state index contributed by atoms with van der Waals surface area (Å²) in [6.45, 7) is 6.40. The van der Waals surface area contributed by atoms with Crippen LogP contribution in [0.2, 0.25) is 0 Å². The van der Waals surface area contributed by atoms with E-state index in [9.17, 15) is 9.90 Å². The van der Waals surface area contributed by atoms with Crippen LogP contribution in [0.1, 0.15) is 68.7 Å². The predicted molar refractivity (Wildman–Crippen MR) is 116 cm³/mol. The van der Waals surface area contributed by atoms with Crippen LogP contribution in [0.15, 0.2) is 60.7 Å². The number of amides is 1. The van der Waals surface area contributed by atoms with Crippen LogP contribution in [-0.2, 0) is 4.79 Å². The number of hydrogen-bond acceptors (Lipinski definition) is 2. The fourth-order valence-electron chi connectivity index (χ4n) is 3.55. The molecule has 1 atom stereocenters. The monoisotopic (exact) mass is 375 g/mol. The van der Waals surface area contributed by atoms with Crippen molar-refractivity contribution in [2.75, 3.05) is 0 Å². The Hall–Kier alpha value is -2.81. The summed E-state index contributed by atoms with van der Waals surface area (Å²) < 4.78 is 0. The van der Waals surface area contributed by atoms with Crippen molar-refractivity contribution < 1.29 is 9.90 Å². The molecule has 2 N–H and O–H groups in total. The second-order valence-electron chi connectivity index (χ2n) is 7.64. The summed E-state index contributed by atoms with van der Waals surface area (Å²) in [5, 5.41) is 15.9. The summed E-state index contributed by atoms with van der Waals surface area (Å²) in [5.41, 5.74) is 2.98. The summed E-state index contributed by atoms with van der Waals surface area (Å²) >= 11 is 0. The normalized spacial score (nSPS) is 12.3. The lowest BCUT2D eigenvalue weighted by atomic mass is 9.91. The SMILES string of the molecule is CCCCC(=O)N[C@@H](c1ccc(C(C)C)cc1)c1c(O)ccc2ccccc12. The quantitative estimate of drug-likeness (QED) is 0.527. The zero-order valence-electron chi connectivity index (χ0n) is 16.9. The van der Waals surface area contributed by atoms with Gasteiger partial charge < -0.3 is 10.4 Å². The average molecular weight is 376 g/mol. The number of benzene rings is 3. The molecule has 0 fully saturated rings. The molecule has 3 aromatic carbocycles. The van der Waals surface area contributed by atoms with E-state index >= 15 is 0 Å². The lowest BCUT2D eigenvalue weighted by Crippen LogP contribution is -2.29. The highest BCUT2D eigenvalue weighted by Crippen LogP contribution is 2.36. The Balaban J connectivity index is 2.09. The number of carbonyl (C=O) groups excluding carboxylic acids is 1. The smallest absolute Gasteiger partial charge is 0.220 e. The Kier molecular flexibility index (Phi) is 6.35. The molecule has 0 aliphatic rings. The number of phenolic OH excluding ortho intramolecular Hbond substituents is 1. The molecule has 3 nitrogen and oxygen atoms in total. The van der Waals surface area contributed by atoms with Gasteiger partial charge >= 0.3 is 0 Å². The molecule has 3 aromatic rings. The Morgan fingerprint density at radius 3 is 2.32 bits per heavy atom. The summed E-state index contributed by atoms with van der Waals surface area (Å²) in [6, 6.07) is 19.5. The Bertz CT molecular complexity index is 944. The van der Waals surface area contributed by atoms with Crippen LogP contribution in [0, 0.1) is 0 Å². The fraction of sp³-hybridized carbons (Fsp3) is 0.320. The van der Waals surface area contributed by atoms with Crippen LogP contribution in [0.5, 0.6) is 5.75 Å². The van der Waals surface area contributed by atoms with E-state index in [1.807, 2.05) is 30.3 Å². The molecular weight excluding hydrogens is 346 g/mol. The number of fused-ring (bicyclic) bond motifs is 1. The van der Waals surface area contributed by atoms with Crippen LogP contribution >= 0.6 is 0 Å². The number of nitrogens with one attached hydrogen (secondary N) is 1. The van der Waals surface area contributed by atoms with Crippen molar-refractivity contribution in [1.29, 1.82) is 0 Å². The molecule has 0 bridgehead atoms. The minimum Gasteiger partial charge on any atom is -0.508 e. The van der Waals surface area contributed by atoms with Crippen LogP contribution in [0.4, 0.5) is 0 Å². The van der Waals surface area contributed by atoms with E-state index in [4.69, 9.17) is 0 Å². The first-order valence-corrected chi connectivity index (χ1v) is 10.1. The van der Waals surface area contributed by atoms with Gasteiger partial charge in [-0.2, -0.15) is 0 Å². The van der Waals surface area contributed by atoms with Crippen molar-refractivity contribution in [1.82, 2.24) is 5.32 Å². The number of unbranched alkanes of at least 4 members (excludes halogenated alkanes) is 1. The van der Waals surface area contributed by atoms with Crippen molar-refractivity contribution in [3.05, 3.63) is 77.4 Å². The molecule has 0 saturated heterocycles. The maximum atomic E-state index is 12.6. The van der Waals surface area contributed by atoms with E-state index < -0.39 is 6.04 Å². The van der Waals surface area contributed by atoms with Gasteiger partial charge in [-0.15, -0.1) is 0 Å². The molecule has 0 aromatic heterocycles. The molecule has 1 amide bonds. The molecule has 0 aliphatic heterocycles. The second-order valence-corrected chi connectivity index (χ2v) is 7.64. The van der Waals surface area contributed by atoms with E-state index in [0.717, 1.165) is 34.7 Å². The maximum Gasteiger partial charge on any atom is 0.220 e. The third-order valence-corrected chi connectivity index (χ3v) is 5.24. The number of rotatable bonds is 7. The van der Waals surface area contributed by atoms with E-state index in [-0.39, 0.29) is 11.7 Å². The molecule has 3 rings (SSSR count). The molecule has 146 valence electrons. The van der Waals surface area contributed by atoms with Crippen LogP contribution in [-0.4, -0.2) is 11.0 Å². The summed E-state index contributed by atoms with van der Waals surface area (Å²) in [5.74, 6) is 0.650. The van der Waals surface area contributed by atoms with E-state index in [1.54, 1.807) is 6.07 Å². The zero-order valence-corrected chi connectivity index (χ0v) is 16.9. The number of phenols is 1. The van der Waals surface area contributed by atoms with Gasteiger partial charge in [0.1, 0.15) is 5.75 Å². The van der Waals surface area contributed by atoms with E-state index in [2.05, 4.69) is 50.4 Å². The fourth-order valence-corrected chi connectivity index (χ4v) is 3.55. The Labute approximate surface area is 167 Å². The molecule has 0 aliphatic carbocycles. The van der Waals surface area contributed by atoms with Crippen molar-refractivity contribution in [3.63, 3.8) is 0 Å². The summed E-state index contributed by atoms with van der Waals surface area (Å²) in [6.07, 6.45) is 2.32. The largest absolute Gasteiger partial charge is 0.508 e. The molecule has 3 heteroatoms. The summed E-state index contributed by atoms with van der Waals surface area (Å²) in [7, 11) is 0. The standard InChI is InChI=1S/C25H29NO2/c1-4-5-10-23(28)26-25(20-13-11-18(12-14-20)17(2)3)24-21-9-7-6-8-19(21)15-16-22(24)27/h6-9,11-17,25,27H,4-5,10H2,1-3H3,(H,26,28)/t25-/m0/s1. The van der Waals surface area contributed by atoms with Crippen LogP contribution in [0.25, 0.3) is 10.8 Å². The highest BCUT2D eigenvalue weighted by atomic mass is 16.3. The van der Waals surface area contributed by atoms with Gasteiger partial charge in [0.25, 0.3) is 0 Å². The topological polar surface area (TPSA) is 49.3 Å². The number of carbonyl (C=O) groups is 1. The van der Waals surface area contributed by atoms with Gasteiger partial charge in [0.05, 0.1) is 6.04 Å². The van der Waals surface area contributed by atoms with Crippen molar-refractivity contribution in [3.8, 4) is 5.75 Å². The zero-order chi connectivity index (χ0) is 20.1. The molecule has 0 spiro atoms. The minimum atomic E-state index is -0.392. The van der Waals surface area contributed by atoms with Gasteiger partial charge in [-0.3, -0.25) is 4.79 Å². The lowest BCUT2D eigenvalue weighted by Gasteiger charge is -2.23. The number of aromatic hydroxyl groups is 1. The predicted octanol–water partition coefficient (Wildman–Crippen LogP) is 6.06. The van der Waals surface area contributed by atoms with Gasteiger partial charge in [0, 0.05) is 12.0 Å². The first kappa shape index (κ1) is 19.9. The maximum absolute atomic E-state index is 12.6. The van der Waals surface area contributed by atoms with Gasteiger partial charge in [-0.05, 0) is 40.3 Å². The lowest BCUT2D eigenvalue weighted by molar-refractivity contribution is -0.121. The number of hydrogen-bond donors (Lipinski definition) is 2. The third kappa shape index (κ3) is 4.36. The second kappa shape index (κ2) is 8.92. The van der Waals surface area contributed by atoms with Crippen molar-refractivity contribution in [2.45, 2.75) is 52.0 Å². The van der Waals surface area contributed by atoms with E-state index in [0.29, 0.717) is 12.3 Å². The van der Waals surface area contributed by atoms with Crippen molar-refractivity contribution in [2.24, 2.45) is 0 Å². The van der Waals surface area contributed by atoms with Gasteiger partial charge in [-0.1, -0.05) is 81.8 Å². The van der Waals surface area contributed by atoms with Gasteiger partial charge in [0.15, 0.2) is 0 Å². The first-order chi connectivity index (χ1) is 13.5. The molecule has 0 unspecified atom stereocenters. The molecule has 0 radical (unpaired) electrons. The van der Waals surface area contributed by atoms with E-state index in [1.165, 1.54) is 5.56 Å². The highest BCUT2D eigenvalue weighted by Gasteiger charge is 2.22. The van der Waals surface area contributed by atoms with Crippen molar-refractivity contribution >= 4 is 16.7 Å². The highest BCUT2D eigenvalue weighted by molar-refractivity contribution is 5.89. The molecule has 0 heterocycles. The molecule has 0 saturated carbocycles. The van der Waals surface area contributed by atoms with Crippen LogP contribution in [0.3, 0.4) is 0 Å². The molecular formula is C25H29NO2. The summed E-state index contributed by atoms with van der Waals surface area (Å²) in [4.78, 5) is 12.6. The minimum absolute atomic E-state index is 0.00659. The third-order valence-electron chi connectivity index (χ3n) is 5.24. The van der Waals surface area contributed by atoms with Gasteiger partial charge in [-0.25, -0.2) is 0 Å².